The van der Waals surface area contributed by atoms with E-state index in [0.29, 0.717) is 0 Å². The Labute approximate surface area is 222 Å². The predicted octanol–water partition coefficient (Wildman–Crippen LogP) is 0.863. The highest BCUT2D eigenvalue weighted by Gasteiger charge is 2.63. The Morgan fingerprint density at radius 3 is 2.82 bits per heavy atom. The van der Waals surface area contributed by atoms with Crippen molar-refractivity contribution in [3.63, 3.8) is 0 Å². The summed E-state index contributed by atoms with van der Waals surface area (Å²) in [6.07, 6.45) is -2.10. The van der Waals surface area contributed by atoms with Gasteiger partial charge in [-0.1, -0.05) is 18.2 Å². The number of nitrogen functional groups attached to an aromatic ring is 1. The van der Waals surface area contributed by atoms with Crippen LogP contribution in [0.1, 0.15) is 27.0 Å². The van der Waals surface area contributed by atoms with Crippen LogP contribution in [0.25, 0.3) is 11.2 Å². The molecule has 5 rings (SSSR count). The maximum absolute atomic E-state index is 13.9. The first-order valence-corrected chi connectivity index (χ1v) is 13.7. The number of hydrogen-bond donors (Lipinski definition) is 4. The Morgan fingerprint density at radius 2 is 2.10 bits per heavy atom. The molecule has 0 aliphatic carbocycles. The van der Waals surface area contributed by atoms with Gasteiger partial charge in [0.05, 0.1) is 25.6 Å². The minimum Gasteiger partial charge on any atom is -0.462 e. The van der Waals surface area contributed by atoms with Crippen LogP contribution in [-0.2, 0) is 28.1 Å². The standard InChI is InChI=1S/C23H29N6O9P/c1-12(2)36-21(32)13(3)28-39(33,38-14-7-5-4-6-8-14)35-10-23-9-34-16(17(23)30)20(37-23)29-11-25-15-18(29)26-22(24)27-19(15)31/h4-8,11-13,16-17,20,30H,9-10H2,1-3H3,(H,28,33)(H3,24,26,27,31)/t13-,16-,17+,20-,23-,39+/m1/s1. The molecule has 15 nitrogen and oxygen atoms in total. The average Bonchev–Trinajstić information content (AvgIpc) is 3.52. The van der Waals surface area contributed by atoms with Crippen LogP contribution in [0.2, 0.25) is 0 Å². The molecule has 0 saturated carbocycles. The second-order valence-corrected chi connectivity index (χ2v) is 11.3. The van der Waals surface area contributed by atoms with E-state index >= 15 is 0 Å². The van der Waals surface area contributed by atoms with Crippen molar-refractivity contribution in [3.8, 4) is 5.75 Å². The van der Waals surface area contributed by atoms with Gasteiger partial charge in [-0.25, -0.2) is 9.55 Å². The van der Waals surface area contributed by atoms with Gasteiger partial charge in [-0.2, -0.15) is 10.1 Å². The number of aliphatic hydroxyl groups is 1. The highest BCUT2D eigenvalue weighted by molar-refractivity contribution is 7.52. The number of nitrogens with zero attached hydrogens (tertiary/aromatic N) is 3. The quantitative estimate of drug-likeness (QED) is 0.200. The maximum atomic E-state index is 13.9. The van der Waals surface area contributed by atoms with Gasteiger partial charge in [0.25, 0.3) is 5.56 Å². The molecule has 0 unspecified atom stereocenters. The monoisotopic (exact) mass is 564 g/mol. The van der Waals surface area contributed by atoms with Crippen molar-refractivity contribution in [1.29, 1.82) is 0 Å². The van der Waals surface area contributed by atoms with E-state index in [4.69, 9.17) is 29.0 Å². The number of esters is 1. The number of fused-ring (bicyclic) bond motifs is 3. The van der Waals surface area contributed by atoms with E-state index in [1.54, 1.807) is 44.2 Å². The molecular weight excluding hydrogens is 535 g/mol. The van der Waals surface area contributed by atoms with E-state index in [2.05, 4.69) is 20.0 Å². The molecule has 0 radical (unpaired) electrons. The number of para-hydroxylation sites is 1. The van der Waals surface area contributed by atoms with Crippen molar-refractivity contribution in [2.24, 2.45) is 0 Å². The van der Waals surface area contributed by atoms with Gasteiger partial charge >= 0.3 is 13.7 Å². The fourth-order valence-corrected chi connectivity index (χ4v) is 5.94. The van der Waals surface area contributed by atoms with Gasteiger partial charge in [0, 0.05) is 0 Å². The van der Waals surface area contributed by atoms with Crippen LogP contribution < -0.4 is 20.9 Å². The number of imidazole rings is 1. The molecule has 5 N–H and O–H groups in total. The topological polar surface area (TPSA) is 202 Å². The summed E-state index contributed by atoms with van der Waals surface area (Å²) in [7, 11) is -4.23. The molecule has 2 aliphatic rings. The Hall–Kier alpha value is -3.33. The van der Waals surface area contributed by atoms with E-state index in [9.17, 15) is 19.3 Å². The summed E-state index contributed by atoms with van der Waals surface area (Å²) < 4.78 is 43.9. The van der Waals surface area contributed by atoms with Gasteiger partial charge < -0.3 is 29.6 Å². The number of aliphatic hydroxyl groups excluding tert-OH is 1. The van der Waals surface area contributed by atoms with Crippen LogP contribution in [0.3, 0.4) is 0 Å². The molecule has 39 heavy (non-hydrogen) atoms. The molecule has 2 fully saturated rings. The van der Waals surface area contributed by atoms with E-state index < -0.39 is 56.0 Å². The summed E-state index contributed by atoms with van der Waals surface area (Å²) in [4.78, 5) is 35.2. The van der Waals surface area contributed by atoms with E-state index in [1.165, 1.54) is 17.8 Å². The third kappa shape index (κ3) is 5.29. The number of aromatic nitrogens is 4. The molecular formula is C23H29N6O9P. The zero-order valence-corrected chi connectivity index (χ0v) is 22.2. The number of benzene rings is 1. The first-order chi connectivity index (χ1) is 18.5. The van der Waals surface area contributed by atoms with Crippen LogP contribution in [0.5, 0.6) is 5.75 Å². The van der Waals surface area contributed by atoms with Gasteiger partial charge in [0.15, 0.2) is 17.4 Å². The molecule has 16 heteroatoms. The normalized spacial score (nSPS) is 26.5. The van der Waals surface area contributed by atoms with Crippen molar-refractivity contribution in [3.05, 3.63) is 47.0 Å². The number of nitrogens with two attached hydrogens (primary N) is 1. The molecule has 0 spiro atoms. The van der Waals surface area contributed by atoms with Gasteiger partial charge in [-0.05, 0) is 32.9 Å². The fraction of sp³-hybridized carbons (Fsp3) is 0.478. The molecule has 1 aromatic carbocycles. The van der Waals surface area contributed by atoms with Crippen molar-refractivity contribution in [1.82, 2.24) is 24.6 Å². The van der Waals surface area contributed by atoms with Crippen LogP contribution in [0.4, 0.5) is 5.95 Å². The Kier molecular flexibility index (Phi) is 7.22. The molecule has 2 aliphatic heterocycles. The lowest BCUT2D eigenvalue weighted by Crippen LogP contribution is -2.46. The minimum atomic E-state index is -4.23. The highest BCUT2D eigenvalue weighted by Crippen LogP contribution is 2.50. The average molecular weight is 564 g/mol. The SMILES string of the molecule is CC(C)OC(=O)[C@@H](C)N[P@](=O)(OC[C@@]12CO[C@@H]([C@H](n3cnc4c(=O)[nH]c(N)nc43)O1)[C@@H]2O)Oc1ccccc1. The number of aromatic amines is 1. The number of rotatable bonds is 10. The molecule has 2 saturated heterocycles. The number of nitrogens with one attached hydrogen (secondary N) is 2. The molecule has 2 bridgehead atoms. The third-order valence-corrected chi connectivity index (χ3v) is 7.86. The molecule has 210 valence electrons. The van der Waals surface area contributed by atoms with Crippen LogP contribution in [0.15, 0.2) is 41.5 Å². The summed E-state index contributed by atoms with van der Waals surface area (Å²) in [6.45, 7) is 4.32. The second-order valence-electron chi connectivity index (χ2n) is 9.58. The number of H-pyrrole nitrogens is 1. The highest BCUT2D eigenvalue weighted by atomic mass is 31.2. The largest absolute Gasteiger partial charge is 0.462 e. The Balaban J connectivity index is 1.38. The lowest BCUT2D eigenvalue weighted by Gasteiger charge is -2.32. The van der Waals surface area contributed by atoms with Crippen molar-refractivity contribution in [2.45, 2.75) is 57.0 Å². The fourth-order valence-electron chi connectivity index (χ4n) is 4.40. The van der Waals surface area contributed by atoms with Crippen molar-refractivity contribution >= 4 is 30.8 Å². The molecule has 6 atom stereocenters. The molecule has 3 aromatic rings. The van der Waals surface area contributed by atoms with Crippen LogP contribution in [0, 0.1) is 0 Å². The summed E-state index contributed by atoms with van der Waals surface area (Å²) in [5, 5.41) is 13.7. The van der Waals surface area contributed by atoms with Crippen LogP contribution in [-0.4, -0.2) is 73.8 Å². The summed E-state index contributed by atoms with van der Waals surface area (Å²) in [5.74, 6) is -0.550. The minimum absolute atomic E-state index is 0.0302. The van der Waals surface area contributed by atoms with E-state index in [-0.39, 0.29) is 35.6 Å². The summed E-state index contributed by atoms with van der Waals surface area (Å²) >= 11 is 0. The molecule has 0 amide bonds. The van der Waals surface area contributed by atoms with E-state index in [0.717, 1.165) is 0 Å². The third-order valence-electron chi connectivity index (χ3n) is 6.24. The van der Waals surface area contributed by atoms with Gasteiger partial charge in [0.2, 0.25) is 5.95 Å². The maximum Gasteiger partial charge on any atom is 0.459 e. The number of anilines is 1. The lowest BCUT2D eigenvalue weighted by molar-refractivity contribution is -0.183. The summed E-state index contributed by atoms with van der Waals surface area (Å²) in [5.41, 5.74) is 3.87. The number of carbonyl (C=O) groups is 1. The zero-order valence-electron chi connectivity index (χ0n) is 21.3. The zero-order chi connectivity index (χ0) is 27.9. The smallest absolute Gasteiger partial charge is 0.459 e. The predicted molar refractivity (Wildman–Crippen MR) is 136 cm³/mol. The molecule has 4 heterocycles. The lowest BCUT2D eigenvalue weighted by atomic mass is 10.0. The van der Waals surface area contributed by atoms with Crippen molar-refractivity contribution < 1.29 is 37.7 Å². The number of carbonyl (C=O) groups excluding carboxylic acids is 1. The van der Waals surface area contributed by atoms with Gasteiger partial charge in [0.1, 0.15) is 29.6 Å². The van der Waals surface area contributed by atoms with Gasteiger partial charge in [-0.15, -0.1) is 0 Å². The van der Waals surface area contributed by atoms with Crippen molar-refractivity contribution in [2.75, 3.05) is 18.9 Å². The Morgan fingerprint density at radius 1 is 1.36 bits per heavy atom. The van der Waals surface area contributed by atoms with E-state index in [1.807, 2.05) is 0 Å². The Bertz CT molecular complexity index is 1460. The molecule has 2 aromatic heterocycles. The number of ether oxygens (including phenoxy) is 3. The van der Waals surface area contributed by atoms with Crippen LogP contribution >= 0.6 is 7.75 Å². The first-order valence-electron chi connectivity index (χ1n) is 12.2. The first kappa shape index (κ1) is 27.2. The summed E-state index contributed by atoms with van der Waals surface area (Å²) in [6, 6.07) is 7.20. The number of hydrogen-bond acceptors (Lipinski definition) is 12. The van der Waals surface area contributed by atoms with Gasteiger partial charge in [-0.3, -0.25) is 23.7 Å². The second kappa shape index (κ2) is 10.3.